The predicted molar refractivity (Wildman–Crippen MR) is 65.1 cm³/mol. The molecule has 0 aliphatic heterocycles. The van der Waals surface area contributed by atoms with Gasteiger partial charge in [-0.15, -0.1) is 0 Å². The van der Waals surface area contributed by atoms with Crippen molar-refractivity contribution in [1.29, 1.82) is 0 Å². The molecule has 1 aromatic heterocycles. The average molecular weight is 238 g/mol. The van der Waals surface area contributed by atoms with Crippen molar-refractivity contribution in [3.63, 3.8) is 0 Å². The second-order valence-electron chi connectivity index (χ2n) is 4.01. The van der Waals surface area contributed by atoms with E-state index in [2.05, 4.69) is 10.4 Å². The molecule has 1 aromatic rings. The predicted octanol–water partition coefficient (Wildman–Crippen LogP) is 0.793. The van der Waals surface area contributed by atoms with Crippen molar-refractivity contribution in [2.24, 2.45) is 18.7 Å². The first-order valence-corrected chi connectivity index (χ1v) is 5.63. The minimum Gasteiger partial charge on any atom is -0.389 e. The number of nitrogens with zero attached hydrogens (tertiary/aromatic N) is 2. The molecule has 5 nitrogen and oxygen atoms in total. The van der Waals surface area contributed by atoms with E-state index in [1.165, 1.54) is 0 Å². The first kappa shape index (κ1) is 11.1. The zero-order valence-corrected chi connectivity index (χ0v) is 9.88. The summed E-state index contributed by atoms with van der Waals surface area (Å²) in [5.74, 6) is 0.755. The quantitative estimate of drug-likeness (QED) is 0.764. The second-order valence-corrected chi connectivity index (χ2v) is 4.45. The van der Waals surface area contributed by atoms with Crippen LogP contribution in [0.25, 0.3) is 0 Å². The first-order chi connectivity index (χ1) is 7.59. The third-order valence-electron chi connectivity index (χ3n) is 2.92. The fourth-order valence-electron chi connectivity index (χ4n) is 1.66. The van der Waals surface area contributed by atoms with E-state index in [-0.39, 0.29) is 16.8 Å². The van der Waals surface area contributed by atoms with E-state index in [0.717, 1.165) is 19.3 Å². The second kappa shape index (κ2) is 4.21. The number of carbonyl (C=O) groups excluding carboxylic acids is 1. The van der Waals surface area contributed by atoms with Crippen molar-refractivity contribution >= 4 is 28.9 Å². The maximum absolute atomic E-state index is 11.8. The molecule has 1 fully saturated rings. The summed E-state index contributed by atoms with van der Waals surface area (Å²) < 4.78 is 1.57. The van der Waals surface area contributed by atoms with Crippen LogP contribution in [0.2, 0.25) is 0 Å². The summed E-state index contributed by atoms with van der Waals surface area (Å²) in [6, 6.07) is 0. The number of hydrogen-bond acceptors (Lipinski definition) is 3. The van der Waals surface area contributed by atoms with Crippen molar-refractivity contribution in [1.82, 2.24) is 9.78 Å². The highest BCUT2D eigenvalue weighted by molar-refractivity contribution is 7.80. The molecule has 86 valence electrons. The summed E-state index contributed by atoms with van der Waals surface area (Å²) in [5.41, 5.74) is 6.17. The molecule has 16 heavy (non-hydrogen) atoms. The third kappa shape index (κ3) is 1.92. The number of aryl methyl sites for hydroxylation is 1. The Morgan fingerprint density at radius 1 is 1.69 bits per heavy atom. The lowest BCUT2D eigenvalue weighted by Gasteiger charge is -2.24. The van der Waals surface area contributed by atoms with Crippen molar-refractivity contribution in [2.45, 2.75) is 19.3 Å². The van der Waals surface area contributed by atoms with Gasteiger partial charge in [0.15, 0.2) is 0 Å². The number of thiocarbonyl (C=S) groups is 1. The van der Waals surface area contributed by atoms with Crippen molar-refractivity contribution in [3.8, 4) is 0 Å². The van der Waals surface area contributed by atoms with E-state index in [1.807, 2.05) is 0 Å². The highest BCUT2D eigenvalue weighted by Crippen LogP contribution is 2.28. The first-order valence-electron chi connectivity index (χ1n) is 5.22. The molecule has 6 heteroatoms. The average Bonchev–Trinajstić information content (AvgIpc) is 2.45. The Morgan fingerprint density at radius 3 is 2.88 bits per heavy atom. The van der Waals surface area contributed by atoms with Gasteiger partial charge in [-0.2, -0.15) is 5.10 Å². The lowest BCUT2D eigenvalue weighted by Crippen LogP contribution is -2.29. The highest BCUT2D eigenvalue weighted by atomic mass is 32.1. The summed E-state index contributed by atoms with van der Waals surface area (Å²) in [5, 5.41) is 6.86. The van der Waals surface area contributed by atoms with Crippen LogP contribution >= 0.6 is 12.2 Å². The lowest BCUT2D eigenvalue weighted by atomic mass is 9.85. The Kier molecular flexibility index (Phi) is 2.91. The largest absolute Gasteiger partial charge is 0.389 e. The maximum atomic E-state index is 11.8. The fraction of sp³-hybridized carbons (Fsp3) is 0.500. The van der Waals surface area contributed by atoms with Crippen molar-refractivity contribution < 1.29 is 4.79 Å². The molecule has 0 saturated heterocycles. The molecule has 1 aliphatic rings. The van der Waals surface area contributed by atoms with Crippen LogP contribution in [0.4, 0.5) is 5.82 Å². The molecule has 0 unspecified atom stereocenters. The Morgan fingerprint density at radius 2 is 2.38 bits per heavy atom. The molecule has 0 spiro atoms. The molecule has 1 amide bonds. The molecule has 0 bridgehead atoms. The summed E-state index contributed by atoms with van der Waals surface area (Å²) in [6.07, 6.45) is 4.63. The van der Waals surface area contributed by atoms with Crippen LogP contribution in [0, 0.1) is 5.92 Å². The minimum atomic E-state index is 0.0346. The van der Waals surface area contributed by atoms with Gasteiger partial charge in [-0.25, -0.2) is 0 Å². The van der Waals surface area contributed by atoms with Gasteiger partial charge < -0.3 is 11.1 Å². The monoisotopic (exact) mass is 238 g/mol. The summed E-state index contributed by atoms with van der Waals surface area (Å²) >= 11 is 4.90. The van der Waals surface area contributed by atoms with Crippen molar-refractivity contribution in [2.75, 3.05) is 5.32 Å². The number of anilines is 1. The number of hydrogen-bond donors (Lipinski definition) is 2. The number of nitrogens with two attached hydrogens (primary N) is 1. The van der Waals surface area contributed by atoms with E-state index >= 15 is 0 Å². The van der Waals surface area contributed by atoms with E-state index < -0.39 is 0 Å². The van der Waals surface area contributed by atoms with Crippen LogP contribution < -0.4 is 11.1 Å². The van der Waals surface area contributed by atoms with Crippen LogP contribution in [0.1, 0.15) is 24.8 Å². The SMILES string of the molecule is Cn1ncc(C(N)=S)c1NC(=O)C1CCC1. The van der Waals surface area contributed by atoms with E-state index in [9.17, 15) is 4.79 Å². The number of aromatic nitrogens is 2. The maximum Gasteiger partial charge on any atom is 0.228 e. The van der Waals surface area contributed by atoms with Crippen LogP contribution in [-0.4, -0.2) is 20.7 Å². The smallest absolute Gasteiger partial charge is 0.228 e. The Labute approximate surface area is 99.0 Å². The number of carbonyl (C=O) groups is 1. The number of amides is 1. The zero-order chi connectivity index (χ0) is 11.7. The van der Waals surface area contributed by atoms with Crippen LogP contribution in [-0.2, 0) is 11.8 Å². The number of rotatable bonds is 3. The minimum absolute atomic E-state index is 0.0346. The zero-order valence-electron chi connectivity index (χ0n) is 9.06. The van der Waals surface area contributed by atoms with E-state index in [4.69, 9.17) is 18.0 Å². The lowest BCUT2D eigenvalue weighted by molar-refractivity contribution is -0.122. The molecule has 1 heterocycles. The topological polar surface area (TPSA) is 72.9 Å². The van der Waals surface area contributed by atoms with E-state index in [1.54, 1.807) is 17.9 Å². The van der Waals surface area contributed by atoms with E-state index in [0.29, 0.717) is 11.4 Å². The molecule has 0 radical (unpaired) electrons. The Bertz CT molecular complexity index is 436. The van der Waals surface area contributed by atoms with Gasteiger partial charge in [-0.1, -0.05) is 18.6 Å². The van der Waals surface area contributed by atoms with Crippen LogP contribution in [0.15, 0.2) is 6.20 Å². The third-order valence-corrected chi connectivity index (χ3v) is 3.14. The fourth-order valence-corrected chi connectivity index (χ4v) is 1.80. The van der Waals surface area contributed by atoms with Crippen molar-refractivity contribution in [3.05, 3.63) is 11.8 Å². The Balaban J connectivity index is 2.16. The molecule has 1 saturated carbocycles. The van der Waals surface area contributed by atoms with Gasteiger partial charge in [-0.05, 0) is 12.8 Å². The van der Waals surface area contributed by atoms with Gasteiger partial charge in [-0.3, -0.25) is 9.48 Å². The standard InChI is InChI=1S/C10H14N4OS/c1-14-9(7(5-12-14)8(11)16)13-10(15)6-3-2-4-6/h5-6H,2-4H2,1H3,(H2,11,16)(H,13,15). The van der Waals surface area contributed by atoms with Gasteiger partial charge >= 0.3 is 0 Å². The summed E-state index contributed by atoms with van der Waals surface area (Å²) in [6.45, 7) is 0. The molecular weight excluding hydrogens is 224 g/mol. The highest BCUT2D eigenvalue weighted by Gasteiger charge is 2.26. The Hall–Kier alpha value is -1.43. The van der Waals surface area contributed by atoms with Crippen LogP contribution in [0.5, 0.6) is 0 Å². The molecule has 0 atom stereocenters. The summed E-state index contributed by atoms with van der Waals surface area (Å²) in [4.78, 5) is 12.0. The molecular formula is C10H14N4OS. The van der Waals surface area contributed by atoms with Gasteiger partial charge in [0.2, 0.25) is 5.91 Å². The van der Waals surface area contributed by atoms with Gasteiger partial charge in [0.25, 0.3) is 0 Å². The molecule has 1 aliphatic carbocycles. The van der Waals surface area contributed by atoms with Gasteiger partial charge in [0.1, 0.15) is 10.8 Å². The van der Waals surface area contributed by atoms with Gasteiger partial charge in [0, 0.05) is 13.0 Å². The molecule has 0 aromatic carbocycles. The molecule has 3 N–H and O–H groups in total. The normalized spacial score (nSPS) is 15.6. The summed E-state index contributed by atoms with van der Waals surface area (Å²) in [7, 11) is 1.75. The molecule has 2 rings (SSSR count). The van der Waals surface area contributed by atoms with Crippen LogP contribution in [0.3, 0.4) is 0 Å². The van der Waals surface area contributed by atoms with Gasteiger partial charge in [0.05, 0.1) is 11.8 Å². The number of nitrogens with one attached hydrogen (secondary N) is 1.